The van der Waals surface area contributed by atoms with Crippen molar-refractivity contribution in [3.8, 4) is 5.75 Å². The average Bonchev–Trinajstić information content (AvgIpc) is 3.08. The predicted molar refractivity (Wildman–Crippen MR) is 185 cm³/mol. The number of amides is 3. The Morgan fingerprint density at radius 3 is 2.24 bits per heavy atom. The van der Waals surface area contributed by atoms with Gasteiger partial charge in [0.25, 0.3) is 5.91 Å². The largest absolute Gasteiger partial charge is 0.496 e. The first-order valence-corrected chi connectivity index (χ1v) is 17.9. The van der Waals surface area contributed by atoms with Crippen LogP contribution in [0.4, 0.5) is 5.69 Å². The summed E-state index contributed by atoms with van der Waals surface area (Å²) in [6, 6.07) is 2.19. The molecule has 0 aromatic heterocycles. The number of nitrogens with two attached hydrogens (primary N) is 1. The maximum absolute atomic E-state index is 12.8. The van der Waals surface area contributed by atoms with E-state index in [0.717, 1.165) is 77.4 Å². The molecule has 1 saturated carbocycles. The van der Waals surface area contributed by atoms with Crippen LogP contribution < -0.4 is 26.4 Å². The summed E-state index contributed by atoms with van der Waals surface area (Å²) < 4.78 is 5.30. The zero-order chi connectivity index (χ0) is 36.0. The first kappa shape index (κ1) is 40.7. The molecule has 2 aliphatic rings. The molecule has 49 heavy (non-hydrogen) atoms. The van der Waals surface area contributed by atoms with Crippen molar-refractivity contribution in [2.24, 2.45) is 0 Å². The van der Waals surface area contributed by atoms with Crippen molar-refractivity contribution in [1.82, 2.24) is 20.9 Å². The quantitative estimate of drug-likeness (QED) is 0.0721. The lowest BCUT2D eigenvalue weighted by Gasteiger charge is -2.45. The number of carbonyl (C=O) groups excluding carboxylic acids is 3. The molecule has 3 rings (SSSR count). The molecule has 0 bridgehead atoms. The third-order valence-electron chi connectivity index (χ3n) is 9.60. The van der Waals surface area contributed by atoms with E-state index in [9.17, 15) is 39.9 Å². The van der Waals surface area contributed by atoms with Crippen molar-refractivity contribution >= 4 is 35.0 Å². The molecule has 0 unspecified atom stereocenters. The second kappa shape index (κ2) is 20.2. The van der Waals surface area contributed by atoms with Crippen molar-refractivity contribution < 1.29 is 44.7 Å². The van der Waals surface area contributed by atoms with E-state index in [4.69, 9.17) is 22.1 Å². The molecule has 10 N–H and O–H groups in total. The number of aliphatic hydroxyl groups is 5. The van der Waals surface area contributed by atoms with Gasteiger partial charge in [-0.2, -0.15) is 0 Å². The van der Waals surface area contributed by atoms with Gasteiger partial charge >= 0.3 is 0 Å². The summed E-state index contributed by atoms with van der Waals surface area (Å²) >= 11 is 6.11. The molecule has 5 atom stereocenters. The van der Waals surface area contributed by atoms with E-state index in [2.05, 4.69) is 20.9 Å². The lowest BCUT2D eigenvalue weighted by Crippen LogP contribution is -2.67. The van der Waals surface area contributed by atoms with Crippen LogP contribution in [0.5, 0.6) is 5.75 Å². The first-order chi connectivity index (χ1) is 23.4. The molecule has 278 valence electrons. The number of halogens is 1. The van der Waals surface area contributed by atoms with E-state index >= 15 is 0 Å². The van der Waals surface area contributed by atoms with Crippen LogP contribution in [0.25, 0.3) is 0 Å². The Bertz CT molecular complexity index is 1220. The number of ether oxygens (including phenoxy) is 1. The summed E-state index contributed by atoms with van der Waals surface area (Å²) in [5.41, 5.74) is 4.55. The van der Waals surface area contributed by atoms with Crippen LogP contribution in [-0.2, 0) is 9.59 Å². The van der Waals surface area contributed by atoms with Crippen molar-refractivity contribution in [1.29, 1.82) is 0 Å². The van der Waals surface area contributed by atoms with Crippen molar-refractivity contribution in [3.63, 3.8) is 0 Å². The Kier molecular flexibility index (Phi) is 16.8. The molecule has 14 nitrogen and oxygen atoms in total. The molecule has 1 saturated heterocycles. The highest BCUT2D eigenvalue weighted by molar-refractivity contribution is 6.33. The van der Waals surface area contributed by atoms with Gasteiger partial charge in [0.1, 0.15) is 29.7 Å². The lowest BCUT2D eigenvalue weighted by atomic mass is 9.76. The Hall–Kier alpha value is -2.72. The minimum Gasteiger partial charge on any atom is -0.496 e. The van der Waals surface area contributed by atoms with E-state index in [1.807, 2.05) is 0 Å². The molecular weight excluding hydrogens is 658 g/mol. The Morgan fingerprint density at radius 2 is 1.57 bits per heavy atom. The molecular formula is C34H56ClN5O9. The monoisotopic (exact) mass is 713 g/mol. The number of hydrogen-bond acceptors (Lipinski definition) is 11. The molecule has 1 aromatic carbocycles. The summed E-state index contributed by atoms with van der Waals surface area (Å²) in [6.07, 6.45) is 4.25. The number of anilines is 1. The minimum absolute atomic E-state index is 0.0582. The van der Waals surface area contributed by atoms with Crippen LogP contribution in [0.1, 0.15) is 93.8 Å². The van der Waals surface area contributed by atoms with E-state index in [1.165, 1.54) is 13.2 Å². The van der Waals surface area contributed by atoms with Crippen LogP contribution in [0.15, 0.2) is 12.1 Å². The molecule has 0 spiro atoms. The van der Waals surface area contributed by atoms with Gasteiger partial charge in [-0.05, 0) is 51.1 Å². The molecule has 1 aliphatic carbocycles. The van der Waals surface area contributed by atoms with E-state index < -0.39 is 36.6 Å². The third-order valence-corrected chi connectivity index (χ3v) is 9.92. The minimum atomic E-state index is -2.00. The van der Waals surface area contributed by atoms with Crippen LogP contribution in [0.2, 0.25) is 5.02 Å². The number of rotatable bonds is 19. The number of methoxy groups -OCH3 is 1. The number of hydrogen-bond donors (Lipinski definition) is 9. The van der Waals surface area contributed by atoms with Crippen molar-refractivity contribution in [2.45, 2.75) is 119 Å². The number of carbonyl (C=O) groups is 3. The fourth-order valence-corrected chi connectivity index (χ4v) is 6.64. The van der Waals surface area contributed by atoms with Crippen molar-refractivity contribution in [2.75, 3.05) is 45.6 Å². The summed E-state index contributed by atoms with van der Waals surface area (Å²) in [7, 11) is 1.49. The first-order valence-electron chi connectivity index (χ1n) is 17.5. The van der Waals surface area contributed by atoms with Gasteiger partial charge in [0.15, 0.2) is 0 Å². The fraction of sp³-hybridized carbons (Fsp3) is 0.735. The average molecular weight is 714 g/mol. The van der Waals surface area contributed by atoms with E-state index in [0.29, 0.717) is 41.4 Å². The zero-order valence-electron chi connectivity index (χ0n) is 28.5. The number of nitrogens with one attached hydrogen (secondary N) is 3. The second-order valence-electron chi connectivity index (χ2n) is 13.4. The summed E-state index contributed by atoms with van der Waals surface area (Å²) in [5.74, 6) is -0.110. The predicted octanol–water partition coefficient (Wildman–Crippen LogP) is 0.837. The number of nitrogen functional groups attached to an aromatic ring is 1. The topological polar surface area (TPSA) is 227 Å². The van der Waals surface area contributed by atoms with Gasteiger partial charge in [-0.3, -0.25) is 14.4 Å². The smallest absolute Gasteiger partial charge is 0.255 e. The highest BCUT2D eigenvalue weighted by Gasteiger charge is 2.51. The van der Waals surface area contributed by atoms with Gasteiger partial charge in [0.05, 0.1) is 36.0 Å². The normalized spacial score (nSPS) is 24.7. The van der Waals surface area contributed by atoms with Gasteiger partial charge in [-0.25, -0.2) is 0 Å². The van der Waals surface area contributed by atoms with Gasteiger partial charge in [0, 0.05) is 51.0 Å². The van der Waals surface area contributed by atoms with Gasteiger partial charge < -0.3 is 56.9 Å². The Labute approximate surface area is 293 Å². The van der Waals surface area contributed by atoms with Crippen LogP contribution in [-0.4, -0.2) is 124 Å². The number of unbranched alkanes of at least 4 members (excludes halogenated alkanes) is 6. The van der Waals surface area contributed by atoms with E-state index in [1.54, 1.807) is 6.07 Å². The second-order valence-corrected chi connectivity index (χ2v) is 13.8. The number of aliphatic hydroxyl groups excluding tert-OH is 4. The molecule has 1 aliphatic heterocycles. The Balaban J connectivity index is 1.15. The summed E-state index contributed by atoms with van der Waals surface area (Å²) in [6.45, 7) is 2.57. The molecule has 15 heteroatoms. The van der Waals surface area contributed by atoms with Gasteiger partial charge in [0.2, 0.25) is 11.8 Å². The fourth-order valence-electron chi connectivity index (χ4n) is 6.47. The lowest BCUT2D eigenvalue weighted by molar-refractivity contribution is -0.206. The number of nitrogens with zero attached hydrogens (tertiary/aromatic N) is 1. The SMILES string of the molecule is COc1cc(N)c(Cl)cc1C(=O)NC1CCN(CCCCCC(=O)NCCCCCCCC(=O)N[C@H]2C[C@](O)(CO)[C@@H](O)[C@H](O)[C@H]2O)CC1. The maximum Gasteiger partial charge on any atom is 0.255 e. The van der Waals surface area contributed by atoms with Crippen LogP contribution >= 0.6 is 11.6 Å². The maximum atomic E-state index is 12.8. The molecule has 1 aromatic rings. The molecule has 0 radical (unpaired) electrons. The summed E-state index contributed by atoms with van der Waals surface area (Å²) in [5, 5.41) is 58.6. The molecule has 3 amide bonds. The zero-order valence-corrected chi connectivity index (χ0v) is 29.3. The number of benzene rings is 1. The summed E-state index contributed by atoms with van der Waals surface area (Å²) in [4.78, 5) is 39.7. The van der Waals surface area contributed by atoms with Gasteiger partial charge in [-0.15, -0.1) is 0 Å². The molecule has 2 fully saturated rings. The highest BCUT2D eigenvalue weighted by Crippen LogP contribution is 2.30. The van der Waals surface area contributed by atoms with E-state index in [-0.39, 0.29) is 36.6 Å². The third kappa shape index (κ3) is 12.5. The number of piperidine rings is 1. The van der Waals surface area contributed by atoms with Crippen LogP contribution in [0, 0.1) is 0 Å². The highest BCUT2D eigenvalue weighted by atomic mass is 35.5. The molecule has 1 heterocycles. The van der Waals surface area contributed by atoms with Crippen molar-refractivity contribution in [3.05, 3.63) is 22.7 Å². The Morgan fingerprint density at radius 1 is 0.939 bits per heavy atom. The van der Waals surface area contributed by atoms with Gasteiger partial charge in [-0.1, -0.05) is 37.3 Å². The standard InChI is InChI=1S/C34H56ClN5O9/c1-49-27-19-25(36)24(35)18-23(27)33(47)38-22-12-16-40(17-13-22)15-9-5-7-10-28(42)37-14-8-4-2-3-6-11-29(43)39-26-20-34(48,21-41)32(46)31(45)30(26)44/h18-19,22,26,30-32,41,44-46,48H,2-17,20-21,36H2,1H3,(H,37,42)(H,38,47)(H,39,43)/t26-,30-,31+,32-,34-/m0/s1. The van der Waals surface area contributed by atoms with Crippen LogP contribution in [0.3, 0.4) is 0 Å². The number of likely N-dealkylation sites (tertiary alicyclic amines) is 1.